The van der Waals surface area contributed by atoms with Gasteiger partial charge in [-0.1, -0.05) is 11.3 Å². The van der Waals surface area contributed by atoms with E-state index in [2.05, 4.69) is 9.97 Å². The molecule has 0 radical (unpaired) electrons. The zero-order valence-corrected chi connectivity index (χ0v) is 15.4. The van der Waals surface area contributed by atoms with Crippen LogP contribution in [0.2, 0.25) is 0 Å². The molecule has 2 heterocycles. The number of primary amides is 1. The maximum Gasteiger partial charge on any atom is 0.240 e. The summed E-state index contributed by atoms with van der Waals surface area (Å²) in [6, 6.07) is 5.33. The van der Waals surface area contributed by atoms with E-state index in [1.165, 1.54) is 30.3 Å². The highest BCUT2D eigenvalue weighted by Gasteiger charge is 2.28. The average molecular weight is 403 g/mol. The van der Waals surface area contributed by atoms with Crippen molar-refractivity contribution >= 4 is 39.7 Å². The van der Waals surface area contributed by atoms with Crippen molar-refractivity contribution in [2.75, 3.05) is 10.6 Å². The molecule has 7 nitrogen and oxygen atoms in total. The minimum absolute atomic E-state index is 0.0573. The Kier molecular flexibility index (Phi) is 5.32. The summed E-state index contributed by atoms with van der Waals surface area (Å²) in [6.07, 6.45) is 2.91. The van der Waals surface area contributed by atoms with Crippen molar-refractivity contribution in [2.24, 2.45) is 5.73 Å². The molecule has 144 valence electrons. The second-order valence-corrected chi connectivity index (χ2v) is 6.81. The molecule has 2 aromatic heterocycles. The van der Waals surface area contributed by atoms with Crippen LogP contribution in [0, 0.1) is 11.6 Å². The minimum atomic E-state index is -1.10. The normalized spacial score (nSPS) is 11.8. The van der Waals surface area contributed by atoms with Crippen LogP contribution in [-0.2, 0) is 4.79 Å². The fraction of sp³-hybridized carbons (Fsp3) is 0.111. The third-order valence-corrected chi connectivity index (χ3v) is 5.03. The third kappa shape index (κ3) is 3.67. The van der Waals surface area contributed by atoms with Crippen molar-refractivity contribution in [1.29, 1.82) is 0 Å². The van der Waals surface area contributed by atoms with Crippen LogP contribution in [0.4, 0.5) is 25.4 Å². The van der Waals surface area contributed by atoms with Crippen LogP contribution in [0.1, 0.15) is 22.2 Å². The molecule has 0 aliphatic heterocycles. The van der Waals surface area contributed by atoms with Crippen LogP contribution in [0.15, 0.2) is 42.7 Å². The highest BCUT2D eigenvalue weighted by molar-refractivity contribution is 7.18. The van der Waals surface area contributed by atoms with Gasteiger partial charge in [0.2, 0.25) is 11.7 Å². The second-order valence-electron chi connectivity index (χ2n) is 5.83. The Morgan fingerprint density at radius 3 is 2.57 bits per heavy atom. The van der Waals surface area contributed by atoms with Crippen LogP contribution in [-0.4, -0.2) is 27.7 Å². The highest BCUT2D eigenvalue weighted by atomic mass is 32.1. The Morgan fingerprint density at radius 2 is 1.96 bits per heavy atom. The van der Waals surface area contributed by atoms with Crippen LogP contribution in [0.5, 0.6) is 0 Å². The monoisotopic (exact) mass is 403 g/mol. The van der Waals surface area contributed by atoms with Gasteiger partial charge >= 0.3 is 0 Å². The molecule has 0 spiro atoms. The molecule has 1 atom stereocenters. The summed E-state index contributed by atoms with van der Waals surface area (Å²) in [7, 11) is 0. The number of pyridine rings is 1. The van der Waals surface area contributed by atoms with E-state index in [1.807, 2.05) is 0 Å². The number of amides is 1. The van der Waals surface area contributed by atoms with Gasteiger partial charge in [-0.3, -0.25) is 14.6 Å². The van der Waals surface area contributed by atoms with Crippen molar-refractivity contribution in [2.45, 2.75) is 13.0 Å². The van der Waals surface area contributed by atoms with E-state index in [-0.39, 0.29) is 21.5 Å². The Bertz CT molecular complexity index is 1040. The number of ketones is 1. The second kappa shape index (κ2) is 7.69. The van der Waals surface area contributed by atoms with Gasteiger partial charge in [0.15, 0.2) is 16.8 Å². The SMILES string of the molecule is C[C@@H](C(N)=O)N(c1ccc(F)c(F)c1)c1nc(N)c(C(=O)c2cccnc2)s1. The highest BCUT2D eigenvalue weighted by Crippen LogP contribution is 2.36. The molecule has 3 rings (SSSR count). The number of rotatable bonds is 6. The van der Waals surface area contributed by atoms with Gasteiger partial charge in [0.05, 0.1) is 0 Å². The molecule has 4 N–H and O–H groups in total. The molecule has 0 bridgehead atoms. The summed E-state index contributed by atoms with van der Waals surface area (Å²) < 4.78 is 27.1. The van der Waals surface area contributed by atoms with Gasteiger partial charge in [-0.25, -0.2) is 13.8 Å². The first-order chi connectivity index (χ1) is 13.3. The van der Waals surface area contributed by atoms with Gasteiger partial charge < -0.3 is 16.4 Å². The number of carbonyl (C=O) groups is 2. The Labute approximate surface area is 162 Å². The molecular formula is C18H15F2N5O2S. The smallest absolute Gasteiger partial charge is 0.240 e. The van der Waals surface area contributed by atoms with E-state index in [0.717, 1.165) is 23.5 Å². The van der Waals surface area contributed by atoms with Gasteiger partial charge in [-0.15, -0.1) is 0 Å². The van der Waals surface area contributed by atoms with Gasteiger partial charge in [-0.05, 0) is 31.2 Å². The molecule has 3 aromatic rings. The predicted molar refractivity (Wildman–Crippen MR) is 101 cm³/mol. The van der Waals surface area contributed by atoms with Crippen molar-refractivity contribution in [3.05, 3.63) is 64.8 Å². The topological polar surface area (TPSA) is 115 Å². The van der Waals surface area contributed by atoms with Gasteiger partial charge in [-0.2, -0.15) is 0 Å². The van der Waals surface area contributed by atoms with E-state index in [4.69, 9.17) is 11.5 Å². The number of nitrogens with two attached hydrogens (primary N) is 2. The first-order valence-corrected chi connectivity index (χ1v) is 8.86. The molecular weight excluding hydrogens is 388 g/mol. The number of halogens is 2. The lowest BCUT2D eigenvalue weighted by atomic mass is 10.2. The van der Waals surface area contributed by atoms with Gasteiger partial charge in [0, 0.05) is 29.7 Å². The Hall–Kier alpha value is -3.40. The number of benzene rings is 1. The molecule has 0 fully saturated rings. The van der Waals surface area contributed by atoms with Crippen molar-refractivity contribution in [3.8, 4) is 0 Å². The third-order valence-electron chi connectivity index (χ3n) is 3.96. The standard InChI is InChI=1S/C18H15F2N5O2S/c1-9(17(22)27)25(11-4-5-12(19)13(20)7-11)18-24-16(21)15(28-18)14(26)10-3-2-6-23-8-10/h2-9H,21H2,1H3,(H2,22,27)/t9-/m0/s1. The number of hydrogen-bond acceptors (Lipinski definition) is 7. The summed E-state index contributed by atoms with van der Waals surface area (Å²) >= 11 is 0.910. The first kappa shape index (κ1) is 19.4. The molecule has 28 heavy (non-hydrogen) atoms. The van der Waals surface area contributed by atoms with Crippen molar-refractivity contribution < 1.29 is 18.4 Å². The predicted octanol–water partition coefficient (Wildman–Crippen LogP) is 2.64. The van der Waals surface area contributed by atoms with Crippen LogP contribution in [0.25, 0.3) is 0 Å². The number of aromatic nitrogens is 2. The van der Waals surface area contributed by atoms with Crippen LogP contribution in [0.3, 0.4) is 0 Å². The molecule has 0 unspecified atom stereocenters. The lowest BCUT2D eigenvalue weighted by Crippen LogP contribution is -2.40. The lowest BCUT2D eigenvalue weighted by molar-refractivity contribution is -0.118. The summed E-state index contributed by atoms with van der Waals surface area (Å²) in [6.45, 7) is 1.48. The zero-order valence-electron chi connectivity index (χ0n) is 14.6. The minimum Gasteiger partial charge on any atom is -0.382 e. The number of thiazole rings is 1. The van der Waals surface area contributed by atoms with E-state index < -0.39 is 29.4 Å². The molecule has 10 heteroatoms. The summed E-state index contributed by atoms with van der Waals surface area (Å²) in [5.41, 5.74) is 11.8. The number of anilines is 3. The molecule has 0 saturated carbocycles. The first-order valence-electron chi connectivity index (χ1n) is 8.04. The van der Waals surface area contributed by atoms with Crippen molar-refractivity contribution in [1.82, 2.24) is 9.97 Å². The fourth-order valence-corrected chi connectivity index (χ4v) is 3.53. The zero-order chi connectivity index (χ0) is 20.4. The summed E-state index contributed by atoms with van der Waals surface area (Å²) in [5, 5.41) is 0.141. The van der Waals surface area contributed by atoms with E-state index in [1.54, 1.807) is 12.1 Å². The Morgan fingerprint density at radius 1 is 1.21 bits per heavy atom. The quantitative estimate of drug-likeness (QED) is 0.612. The number of carbonyl (C=O) groups excluding carboxylic acids is 2. The van der Waals surface area contributed by atoms with Crippen LogP contribution < -0.4 is 16.4 Å². The molecule has 0 saturated heterocycles. The average Bonchev–Trinajstić information content (AvgIpc) is 3.05. The number of hydrogen-bond donors (Lipinski definition) is 2. The van der Waals surface area contributed by atoms with Gasteiger partial charge in [0.25, 0.3) is 0 Å². The number of nitrogen functional groups attached to an aromatic ring is 1. The molecule has 0 aliphatic rings. The summed E-state index contributed by atoms with van der Waals surface area (Å²) in [4.78, 5) is 33.9. The molecule has 1 aromatic carbocycles. The molecule has 0 aliphatic carbocycles. The van der Waals surface area contributed by atoms with Gasteiger partial charge in [0.1, 0.15) is 16.7 Å². The maximum atomic E-state index is 13.7. The van der Waals surface area contributed by atoms with Crippen molar-refractivity contribution in [3.63, 3.8) is 0 Å². The lowest BCUT2D eigenvalue weighted by Gasteiger charge is -2.26. The fourth-order valence-electron chi connectivity index (χ4n) is 2.48. The Balaban J connectivity index is 2.07. The summed E-state index contributed by atoms with van der Waals surface area (Å²) in [5.74, 6) is -3.32. The van der Waals surface area contributed by atoms with E-state index >= 15 is 0 Å². The molecule has 1 amide bonds. The largest absolute Gasteiger partial charge is 0.382 e. The van der Waals surface area contributed by atoms with Crippen LogP contribution >= 0.6 is 11.3 Å². The van der Waals surface area contributed by atoms with E-state index in [9.17, 15) is 18.4 Å². The number of nitrogens with zero attached hydrogens (tertiary/aromatic N) is 3. The maximum absolute atomic E-state index is 13.7. The van der Waals surface area contributed by atoms with E-state index in [0.29, 0.717) is 5.56 Å².